The Labute approximate surface area is 116 Å². The van der Waals surface area contributed by atoms with Crippen LogP contribution in [0.3, 0.4) is 0 Å². The van der Waals surface area contributed by atoms with Crippen LogP contribution in [0, 0.1) is 6.92 Å². The van der Waals surface area contributed by atoms with Gasteiger partial charge in [-0.25, -0.2) is 4.98 Å². The monoisotopic (exact) mass is 265 g/mol. The maximum Gasteiger partial charge on any atom is 0.203 e. The van der Waals surface area contributed by atoms with Crippen LogP contribution in [0.4, 0.5) is 5.95 Å². The van der Waals surface area contributed by atoms with Gasteiger partial charge in [0.05, 0.1) is 17.8 Å². The highest BCUT2D eigenvalue weighted by molar-refractivity contribution is 5.30. The van der Waals surface area contributed by atoms with Crippen molar-refractivity contribution in [1.29, 1.82) is 0 Å². The Balaban J connectivity index is 2.07. The van der Waals surface area contributed by atoms with E-state index in [4.69, 9.17) is 4.74 Å². The molecule has 4 heteroatoms. The molecular weight excluding hydrogens is 238 g/mol. The number of nitrogens with one attached hydrogen (secondary N) is 1. The molecule has 1 aliphatic rings. The van der Waals surface area contributed by atoms with Crippen molar-refractivity contribution in [3.63, 3.8) is 0 Å². The Morgan fingerprint density at radius 3 is 2.68 bits per heavy atom. The van der Waals surface area contributed by atoms with Gasteiger partial charge in [0, 0.05) is 19.3 Å². The molecule has 1 N–H and O–H groups in total. The number of hydrogen-bond acceptors (Lipinski definition) is 3. The molecule has 4 nitrogen and oxygen atoms in total. The molecule has 0 amide bonds. The van der Waals surface area contributed by atoms with Crippen molar-refractivity contribution in [1.82, 2.24) is 9.55 Å². The van der Waals surface area contributed by atoms with Gasteiger partial charge in [-0.3, -0.25) is 0 Å². The van der Waals surface area contributed by atoms with E-state index in [0.717, 1.165) is 18.2 Å². The van der Waals surface area contributed by atoms with Crippen molar-refractivity contribution < 1.29 is 4.74 Å². The zero-order valence-corrected chi connectivity index (χ0v) is 12.7. The van der Waals surface area contributed by atoms with E-state index in [-0.39, 0.29) is 5.60 Å². The van der Waals surface area contributed by atoms with Crippen molar-refractivity contribution in [2.24, 2.45) is 0 Å². The molecule has 0 bridgehead atoms. The molecule has 2 rings (SSSR count). The molecule has 1 saturated carbocycles. The van der Waals surface area contributed by atoms with Gasteiger partial charge in [0.15, 0.2) is 0 Å². The third-order valence-electron chi connectivity index (χ3n) is 3.94. The smallest absolute Gasteiger partial charge is 0.203 e. The lowest BCUT2D eigenvalue weighted by Gasteiger charge is -2.27. The van der Waals surface area contributed by atoms with Crippen LogP contribution in [-0.4, -0.2) is 28.3 Å². The van der Waals surface area contributed by atoms with Crippen molar-refractivity contribution in [2.75, 3.05) is 12.4 Å². The summed E-state index contributed by atoms with van der Waals surface area (Å²) in [6.07, 6.45) is 8.68. The molecule has 0 aromatic carbocycles. The molecule has 0 spiro atoms. The van der Waals surface area contributed by atoms with Gasteiger partial charge in [0.1, 0.15) is 0 Å². The van der Waals surface area contributed by atoms with E-state index in [1.165, 1.54) is 32.1 Å². The Kier molecular flexibility index (Phi) is 4.50. The molecule has 1 aliphatic carbocycles. The number of hydrogen-bond donors (Lipinski definition) is 1. The number of ether oxygens (including phenoxy) is 1. The van der Waals surface area contributed by atoms with Crippen molar-refractivity contribution in [2.45, 2.75) is 71.1 Å². The van der Waals surface area contributed by atoms with Crippen LogP contribution >= 0.6 is 0 Å². The van der Waals surface area contributed by atoms with E-state index in [1.807, 2.05) is 6.92 Å². The van der Waals surface area contributed by atoms with Crippen molar-refractivity contribution in [3.8, 4) is 0 Å². The summed E-state index contributed by atoms with van der Waals surface area (Å²) >= 11 is 0. The molecule has 0 atom stereocenters. The van der Waals surface area contributed by atoms with Crippen LogP contribution in [-0.2, 0) is 11.3 Å². The number of anilines is 1. The van der Waals surface area contributed by atoms with E-state index in [2.05, 4.69) is 34.9 Å². The standard InChI is InChI=1S/C15H27N3O/c1-12-10-18(11-15(2,3)19-4)14(16-12)17-13-8-6-5-7-9-13/h10,13H,5-9,11H2,1-4H3,(H,16,17). The maximum atomic E-state index is 5.52. The number of aryl methyl sites for hydroxylation is 1. The van der Waals surface area contributed by atoms with Gasteiger partial charge in [0.2, 0.25) is 5.95 Å². The molecule has 0 aliphatic heterocycles. The topological polar surface area (TPSA) is 39.1 Å². The van der Waals surface area contributed by atoms with Crippen LogP contribution in [0.1, 0.15) is 51.6 Å². The summed E-state index contributed by atoms with van der Waals surface area (Å²) in [7, 11) is 1.76. The maximum absolute atomic E-state index is 5.52. The average molecular weight is 265 g/mol. The van der Waals surface area contributed by atoms with E-state index in [0.29, 0.717) is 6.04 Å². The van der Waals surface area contributed by atoms with Gasteiger partial charge in [-0.2, -0.15) is 0 Å². The first kappa shape index (κ1) is 14.4. The highest BCUT2D eigenvalue weighted by atomic mass is 16.5. The van der Waals surface area contributed by atoms with Crippen LogP contribution in [0.2, 0.25) is 0 Å². The number of methoxy groups -OCH3 is 1. The van der Waals surface area contributed by atoms with Gasteiger partial charge < -0.3 is 14.6 Å². The summed E-state index contributed by atoms with van der Waals surface area (Å²) in [5.74, 6) is 0.995. The summed E-state index contributed by atoms with van der Waals surface area (Å²) in [4.78, 5) is 4.62. The summed E-state index contributed by atoms with van der Waals surface area (Å²) in [5, 5.41) is 3.61. The molecular formula is C15H27N3O. The fourth-order valence-electron chi connectivity index (χ4n) is 2.69. The second-order valence-corrected chi connectivity index (χ2v) is 6.28. The zero-order valence-electron chi connectivity index (χ0n) is 12.7. The molecule has 0 saturated heterocycles. The van der Waals surface area contributed by atoms with Crippen LogP contribution < -0.4 is 5.32 Å². The second kappa shape index (κ2) is 5.95. The zero-order chi connectivity index (χ0) is 13.9. The number of rotatable bonds is 5. The largest absolute Gasteiger partial charge is 0.377 e. The van der Waals surface area contributed by atoms with Gasteiger partial charge in [-0.1, -0.05) is 19.3 Å². The van der Waals surface area contributed by atoms with Crippen LogP contribution in [0.5, 0.6) is 0 Å². The van der Waals surface area contributed by atoms with Crippen molar-refractivity contribution in [3.05, 3.63) is 11.9 Å². The van der Waals surface area contributed by atoms with Gasteiger partial charge in [0.25, 0.3) is 0 Å². The van der Waals surface area contributed by atoms with Gasteiger partial charge in [-0.15, -0.1) is 0 Å². The predicted molar refractivity (Wildman–Crippen MR) is 78.5 cm³/mol. The quantitative estimate of drug-likeness (QED) is 0.887. The van der Waals surface area contributed by atoms with E-state index < -0.39 is 0 Å². The molecule has 1 heterocycles. The molecule has 1 fully saturated rings. The third kappa shape index (κ3) is 3.96. The second-order valence-electron chi connectivity index (χ2n) is 6.28. The molecule has 1 aromatic rings. The summed E-state index contributed by atoms with van der Waals surface area (Å²) < 4.78 is 7.71. The minimum Gasteiger partial charge on any atom is -0.377 e. The Morgan fingerprint density at radius 1 is 1.37 bits per heavy atom. The highest BCUT2D eigenvalue weighted by Gasteiger charge is 2.21. The lowest BCUT2D eigenvalue weighted by molar-refractivity contribution is 0.00853. The van der Waals surface area contributed by atoms with Gasteiger partial charge in [-0.05, 0) is 33.6 Å². The molecule has 19 heavy (non-hydrogen) atoms. The SMILES string of the molecule is COC(C)(C)Cn1cc(C)nc1NC1CCCCC1. The van der Waals surface area contributed by atoms with E-state index >= 15 is 0 Å². The fourth-order valence-corrected chi connectivity index (χ4v) is 2.69. The lowest BCUT2D eigenvalue weighted by atomic mass is 9.96. The summed E-state index contributed by atoms with van der Waals surface area (Å²) in [6, 6.07) is 0.583. The van der Waals surface area contributed by atoms with Gasteiger partial charge >= 0.3 is 0 Å². The molecule has 0 radical (unpaired) electrons. The predicted octanol–water partition coefficient (Wildman–Crippen LogP) is 3.36. The van der Waals surface area contributed by atoms with E-state index in [1.54, 1.807) is 7.11 Å². The minimum absolute atomic E-state index is 0.171. The molecule has 0 unspecified atom stereocenters. The Bertz CT molecular complexity index is 406. The molecule has 1 aromatic heterocycles. The summed E-state index contributed by atoms with van der Waals surface area (Å²) in [6.45, 7) is 7.07. The highest BCUT2D eigenvalue weighted by Crippen LogP contribution is 2.23. The number of aromatic nitrogens is 2. The average Bonchev–Trinajstić information content (AvgIpc) is 2.70. The first-order chi connectivity index (χ1) is 9.00. The first-order valence-corrected chi connectivity index (χ1v) is 7.36. The Hall–Kier alpha value is -1.03. The first-order valence-electron chi connectivity index (χ1n) is 7.36. The Morgan fingerprint density at radius 2 is 2.05 bits per heavy atom. The number of imidazole rings is 1. The minimum atomic E-state index is -0.171. The van der Waals surface area contributed by atoms with Crippen LogP contribution in [0.15, 0.2) is 6.20 Å². The van der Waals surface area contributed by atoms with E-state index in [9.17, 15) is 0 Å². The van der Waals surface area contributed by atoms with Crippen molar-refractivity contribution >= 4 is 5.95 Å². The summed E-state index contributed by atoms with van der Waals surface area (Å²) in [5.41, 5.74) is 0.890. The fraction of sp³-hybridized carbons (Fsp3) is 0.800. The number of nitrogens with zero attached hydrogens (tertiary/aromatic N) is 2. The lowest BCUT2D eigenvalue weighted by Crippen LogP contribution is -2.31. The van der Waals surface area contributed by atoms with Crippen LogP contribution in [0.25, 0.3) is 0 Å². The third-order valence-corrected chi connectivity index (χ3v) is 3.94. The molecule has 108 valence electrons. The normalized spacial score (nSPS) is 17.7.